The molecule has 1 aliphatic rings. The van der Waals surface area contributed by atoms with Crippen LogP contribution in [0.4, 0.5) is 4.39 Å². The largest absolute Gasteiger partial charge is 0.368 e. The Bertz CT molecular complexity index is 1100. The van der Waals surface area contributed by atoms with Gasteiger partial charge in [-0.2, -0.15) is 4.98 Å². The second-order valence-electron chi connectivity index (χ2n) is 7.08. The molecule has 1 saturated heterocycles. The van der Waals surface area contributed by atoms with Crippen LogP contribution >= 0.6 is 0 Å². The van der Waals surface area contributed by atoms with E-state index in [0.29, 0.717) is 36.0 Å². The predicted octanol–water partition coefficient (Wildman–Crippen LogP) is 2.49. The Labute approximate surface area is 171 Å². The first-order valence-electron chi connectivity index (χ1n) is 9.73. The number of hydrogen-bond acceptors (Lipinski definition) is 6. The van der Waals surface area contributed by atoms with Gasteiger partial charge in [0, 0.05) is 31.5 Å². The summed E-state index contributed by atoms with van der Waals surface area (Å²) in [5.74, 6) is 0.0296. The molecule has 1 unspecified atom stereocenters. The van der Waals surface area contributed by atoms with E-state index in [1.807, 2.05) is 0 Å². The summed E-state index contributed by atoms with van der Waals surface area (Å²) < 4.78 is 25.2. The lowest BCUT2D eigenvalue weighted by Gasteiger charge is -2.11. The molecule has 1 aliphatic heterocycles. The number of nitrogens with one attached hydrogen (secondary N) is 1. The minimum Gasteiger partial charge on any atom is -0.368 e. The molecule has 8 nitrogen and oxygen atoms in total. The highest BCUT2D eigenvalue weighted by Crippen LogP contribution is 2.26. The molecule has 1 fully saturated rings. The average Bonchev–Trinajstić information content (AvgIpc) is 3.41. The van der Waals surface area contributed by atoms with E-state index in [1.54, 1.807) is 19.2 Å². The Morgan fingerprint density at radius 3 is 2.83 bits per heavy atom. The van der Waals surface area contributed by atoms with Gasteiger partial charge in [0.1, 0.15) is 17.5 Å². The molecule has 0 saturated carbocycles. The molecule has 4 rings (SSSR count). The molecule has 2 aromatic heterocycles. The second kappa shape index (κ2) is 8.58. The maximum atomic E-state index is 13.2. The van der Waals surface area contributed by atoms with Crippen molar-refractivity contribution >= 4 is 5.91 Å². The van der Waals surface area contributed by atoms with Crippen molar-refractivity contribution in [3.63, 3.8) is 0 Å². The van der Waals surface area contributed by atoms with Crippen molar-refractivity contribution in [3.8, 4) is 5.69 Å². The van der Waals surface area contributed by atoms with Crippen LogP contribution in [0.2, 0.25) is 0 Å². The quantitative estimate of drug-likeness (QED) is 0.668. The van der Waals surface area contributed by atoms with Gasteiger partial charge in [-0.3, -0.25) is 14.2 Å². The molecule has 3 heterocycles. The first-order valence-corrected chi connectivity index (χ1v) is 9.73. The fraction of sp³-hybridized carbons (Fsp3) is 0.333. The van der Waals surface area contributed by atoms with Gasteiger partial charge in [0.15, 0.2) is 5.82 Å². The third kappa shape index (κ3) is 4.16. The normalized spacial score (nSPS) is 16.0. The van der Waals surface area contributed by atoms with Crippen molar-refractivity contribution in [3.05, 3.63) is 75.5 Å². The molecule has 0 bridgehead atoms. The average molecular weight is 412 g/mol. The maximum Gasteiger partial charge on any atom is 0.268 e. The van der Waals surface area contributed by atoms with Crippen LogP contribution < -0.4 is 10.9 Å². The molecular formula is C21H21FN4O4. The van der Waals surface area contributed by atoms with Gasteiger partial charge in [0.25, 0.3) is 17.4 Å². The summed E-state index contributed by atoms with van der Waals surface area (Å²) in [6.07, 6.45) is 3.59. The van der Waals surface area contributed by atoms with Crippen molar-refractivity contribution in [1.29, 1.82) is 0 Å². The van der Waals surface area contributed by atoms with Gasteiger partial charge < -0.3 is 14.6 Å². The summed E-state index contributed by atoms with van der Waals surface area (Å²) in [7, 11) is 0. The first-order chi connectivity index (χ1) is 14.5. The highest BCUT2D eigenvalue weighted by atomic mass is 19.1. The molecule has 0 aliphatic carbocycles. The number of rotatable bonds is 6. The Morgan fingerprint density at radius 1 is 1.30 bits per heavy atom. The van der Waals surface area contributed by atoms with E-state index < -0.39 is 17.3 Å². The molecule has 0 radical (unpaired) electrons. The minimum atomic E-state index is -0.489. The van der Waals surface area contributed by atoms with Gasteiger partial charge in [0.2, 0.25) is 0 Å². The maximum absolute atomic E-state index is 13.2. The van der Waals surface area contributed by atoms with Gasteiger partial charge in [0.05, 0.1) is 0 Å². The lowest BCUT2D eigenvalue weighted by atomic mass is 10.1. The third-order valence-electron chi connectivity index (χ3n) is 4.96. The van der Waals surface area contributed by atoms with Crippen molar-refractivity contribution in [1.82, 2.24) is 20.0 Å². The molecule has 1 amide bonds. The number of carbonyl (C=O) groups is 1. The number of benzene rings is 1. The van der Waals surface area contributed by atoms with Crippen LogP contribution in [0, 0.1) is 12.7 Å². The van der Waals surface area contributed by atoms with E-state index in [1.165, 1.54) is 28.8 Å². The van der Waals surface area contributed by atoms with E-state index in [9.17, 15) is 14.0 Å². The predicted molar refractivity (Wildman–Crippen MR) is 105 cm³/mol. The number of carbonyl (C=O) groups excluding carboxylic acids is 1. The molecular weight excluding hydrogens is 391 g/mol. The lowest BCUT2D eigenvalue weighted by Crippen LogP contribution is -2.34. The Hall–Kier alpha value is -3.33. The number of aromatic nitrogens is 3. The number of amides is 1. The summed E-state index contributed by atoms with van der Waals surface area (Å²) in [6.45, 7) is 2.62. The number of hydrogen-bond donors (Lipinski definition) is 1. The van der Waals surface area contributed by atoms with Crippen LogP contribution in [-0.2, 0) is 11.2 Å². The molecule has 3 aromatic rings. The van der Waals surface area contributed by atoms with E-state index in [4.69, 9.17) is 9.26 Å². The fourth-order valence-corrected chi connectivity index (χ4v) is 3.36. The van der Waals surface area contributed by atoms with Crippen LogP contribution in [-0.4, -0.2) is 33.8 Å². The van der Waals surface area contributed by atoms with Gasteiger partial charge in [-0.05, 0) is 55.7 Å². The standard InChI is InChI=1S/C21H21FN4O4/c1-13-9-11-26(15-6-4-14(22)5-7-15)21(28)18(13)19(27)23-10-8-17-24-20(30-25-17)16-3-2-12-29-16/h4-7,9,11,16H,2-3,8,10,12H2,1H3,(H,23,27). The highest BCUT2D eigenvalue weighted by molar-refractivity contribution is 5.95. The zero-order valence-corrected chi connectivity index (χ0v) is 16.4. The van der Waals surface area contributed by atoms with Crippen molar-refractivity contribution in [2.75, 3.05) is 13.2 Å². The van der Waals surface area contributed by atoms with Crippen molar-refractivity contribution in [2.45, 2.75) is 32.3 Å². The summed E-state index contributed by atoms with van der Waals surface area (Å²) >= 11 is 0. The van der Waals surface area contributed by atoms with E-state index in [2.05, 4.69) is 15.5 Å². The zero-order chi connectivity index (χ0) is 21.1. The molecule has 1 aromatic carbocycles. The number of nitrogens with zero attached hydrogens (tertiary/aromatic N) is 3. The SMILES string of the molecule is Cc1ccn(-c2ccc(F)cc2)c(=O)c1C(=O)NCCc1noc(C2CCCO2)n1. The molecule has 1 N–H and O–H groups in total. The van der Waals surface area contributed by atoms with E-state index >= 15 is 0 Å². The molecule has 30 heavy (non-hydrogen) atoms. The van der Waals surface area contributed by atoms with Gasteiger partial charge in [-0.25, -0.2) is 4.39 Å². The lowest BCUT2D eigenvalue weighted by molar-refractivity contribution is 0.0835. The summed E-state index contributed by atoms with van der Waals surface area (Å²) in [5.41, 5.74) is 0.592. The van der Waals surface area contributed by atoms with Crippen molar-refractivity contribution < 1.29 is 18.4 Å². The highest BCUT2D eigenvalue weighted by Gasteiger charge is 2.24. The number of ether oxygens (including phenoxy) is 1. The molecule has 0 spiro atoms. The van der Waals surface area contributed by atoms with Gasteiger partial charge in [-0.15, -0.1) is 0 Å². The number of halogens is 1. The van der Waals surface area contributed by atoms with Crippen LogP contribution in [0.25, 0.3) is 5.69 Å². The molecule has 156 valence electrons. The number of aryl methyl sites for hydroxylation is 1. The fourth-order valence-electron chi connectivity index (χ4n) is 3.36. The zero-order valence-electron chi connectivity index (χ0n) is 16.4. The monoisotopic (exact) mass is 412 g/mol. The van der Waals surface area contributed by atoms with Gasteiger partial charge in [-0.1, -0.05) is 5.16 Å². The number of pyridine rings is 1. The van der Waals surface area contributed by atoms with Gasteiger partial charge >= 0.3 is 0 Å². The Morgan fingerprint density at radius 2 is 2.10 bits per heavy atom. The van der Waals surface area contributed by atoms with E-state index in [0.717, 1.165) is 12.8 Å². The minimum absolute atomic E-state index is 0.0370. The summed E-state index contributed by atoms with van der Waals surface area (Å²) in [5, 5.41) is 6.64. The van der Waals surface area contributed by atoms with Crippen LogP contribution in [0.15, 0.2) is 45.8 Å². The second-order valence-corrected chi connectivity index (χ2v) is 7.08. The van der Waals surface area contributed by atoms with Crippen LogP contribution in [0.5, 0.6) is 0 Å². The topological polar surface area (TPSA) is 99.2 Å². The Kier molecular flexibility index (Phi) is 5.71. The third-order valence-corrected chi connectivity index (χ3v) is 4.96. The molecule has 9 heteroatoms. The van der Waals surface area contributed by atoms with Crippen molar-refractivity contribution in [2.24, 2.45) is 0 Å². The summed E-state index contributed by atoms with van der Waals surface area (Å²) in [4.78, 5) is 29.8. The van der Waals surface area contributed by atoms with Crippen LogP contribution in [0.3, 0.4) is 0 Å². The smallest absolute Gasteiger partial charge is 0.268 e. The van der Waals surface area contributed by atoms with Crippen LogP contribution in [0.1, 0.15) is 46.6 Å². The molecule has 1 atom stereocenters. The summed E-state index contributed by atoms with van der Waals surface area (Å²) in [6, 6.07) is 7.16. The first kappa shape index (κ1) is 20.0. The Balaban J connectivity index is 1.44. The van der Waals surface area contributed by atoms with E-state index in [-0.39, 0.29) is 18.2 Å².